The second-order valence-electron chi connectivity index (χ2n) is 2.90. The average molecular weight is 217 g/mol. The van der Waals surface area contributed by atoms with Crippen molar-refractivity contribution in [1.82, 2.24) is 4.98 Å². The molecule has 0 aliphatic rings. The molecule has 5 nitrogen and oxygen atoms in total. The van der Waals surface area contributed by atoms with Crippen LogP contribution in [0.15, 0.2) is 6.07 Å². The summed E-state index contributed by atoms with van der Waals surface area (Å²) >= 11 is 0. The minimum Gasteiger partial charge on any atom is -0.358 e. The van der Waals surface area contributed by atoms with Crippen LogP contribution in [0.4, 0.5) is 14.6 Å². The van der Waals surface area contributed by atoms with Crippen LogP contribution in [0.1, 0.15) is 23.2 Å². The fourth-order valence-electron chi connectivity index (χ4n) is 1.29. The van der Waals surface area contributed by atoms with E-state index < -0.39 is 17.2 Å². The molecule has 7 heteroatoms. The lowest BCUT2D eigenvalue weighted by Crippen LogP contribution is -2.07. The molecule has 0 radical (unpaired) electrons. The summed E-state index contributed by atoms with van der Waals surface area (Å²) in [5.74, 6) is -0.461. The van der Waals surface area contributed by atoms with E-state index in [9.17, 15) is 18.9 Å². The molecule has 0 aliphatic carbocycles. The number of nitrogens with zero attached hydrogens (tertiary/aromatic N) is 2. The maximum absolute atomic E-state index is 12.5. The summed E-state index contributed by atoms with van der Waals surface area (Å²) in [6, 6.07) is 0.981. The first-order valence-corrected chi connectivity index (χ1v) is 4.10. The predicted octanol–water partition coefficient (Wildman–Crippen LogP) is 1.69. The quantitative estimate of drug-likeness (QED) is 0.617. The lowest BCUT2D eigenvalue weighted by Gasteiger charge is -2.06. The zero-order chi connectivity index (χ0) is 11.6. The predicted molar refractivity (Wildman–Crippen MR) is 48.5 cm³/mol. The van der Waals surface area contributed by atoms with E-state index in [0.717, 1.165) is 6.07 Å². The van der Waals surface area contributed by atoms with Crippen molar-refractivity contribution in [3.63, 3.8) is 0 Å². The summed E-state index contributed by atoms with van der Waals surface area (Å²) in [5.41, 5.74) is 4.93. The summed E-state index contributed by atoms with van der Waals surface area (Å²) < 4.78 is 25.1. The highest BCUT2D eigenvalue weighted by Gasteiger charge is 2.23. The second kappa shape index (κ2) is 4.26. The Hall–Kier alpha value is -1.63. The van der Waals surface area contributed by atoms with Gasteiger partial charge in [-0.25, -0.2) is 8.78 Å². The number of aromatic nitrogens is 1. The summed E-state index contributed by atoms with van der Waals surface area (Å²) in [6.07, 6.45) is -2.73. The molecule has 0 atom stereocenters. The fourth-order valence-corrected chi connectivity index (χ4v) is 1.29. The van der Waals surface area contributed by atoms with Gasteiger partial charge in [0, 0.05) is 19.5 Å². The van der Waals surface area contributed by atoms with E-state index in [1.165, 1.54) is 6.92 Å². The molecule has 1 rings (SSSR count). The third-order valence-electron chi connectivity index (χ3n) is 1.95. The maximum Gasteiger partial charge on any atom is 0.364 e. The first kappa shape index (κ1) is 11.4. The lowest BCUT2D eigenvalue weighted by atomic mass is 10.1. The van der Waals surface area contributed by atoms with Gasteiger partial charge in [0.1, 0.15) is 0 Å². The Morgan fingerprint density at radius 3 is 2.67 bits per heavy atom. The van der Waals surface area contributed by atoms with Crippen LogP contribution in [0.3, 0.4) is 0 Å². The van der Waals surface area contributed by atoms with Gasteiger partial charge in [-0.05, 0) is 15.5 Å². The molecule has 1 aromatic rings. The zero-order valence-electron chi connectivity index (χ0n) is 7.91. The molecule has 0 amide bonds. The minimum absolute atomic E-state index is 0.0559. The minimum atomic E-state index is -2.73. The van der Waals surface area contributed by atoms with Gasteiger partial charge in [0.2, 0.25) is 0 Å². The maximum atomic E-state index is 12.5. The van der Waals surface area contributed by atoms with Crippen LogP contribution in [-0.2, 0) is 6.54 Å². The van der Waals surface area contributed by atoms with Gasteiger partial charge in [-0.1, -0.05) is 0 Å². The smallest absolute Gasteiger partial charge is 0.358 e. The van der Waals surface area contributed by atoms with Crippen LogP contribution in [0.2, 0.25) is 0 Å². The summed E-state index contributed by atoms with van der Waals surface area (Å²) in [4.78, 5) is 13.2. The Bertz CT molecular complexity index is 396. The van der Waals surface area contributed by atoms with Crippen LogP contribution in [0, 0.1) is 17.0 Å². The summed E-state index contributed by atoms with van der Waals surface area (Å²) in [5, 5.41) is 10.4. The van der Waals surface area contributed by atoms with Gasteiger partial charge < -0.3 is 15.8 Å². The molecule has 0 bridgehead atoms. The lowest BCUT2D eigenvalue weighted by molar-refractivity contribution is -0.389. The number of hydrogen-bond acceptors (Lipinski definition) is 4. The molecule has 0 saturated carbocycles. The number of aryl methyl sites for hydroxylation is 1. The average Bonchev–Trinajstić information content (AvgIpc) is 2.15. The number of halogens is 2. The number of alkyl halides is 2. The fraction of sp³-hybridized carbons (Fsp3) is 0.375. The van der Waals surface area contributed by atoms with Crippen molar-refractivity contribution in [2.75, 3.05) is 0 Å². The van der Waals surface area contributed by atoms with Crippen LogP contribution in [0.5, 0.6) is 0 Å². The molecule has 0 aliphatic heterocycles. The number of rotatable bonds is 3. The van der Waals surface area contributed by atoms with Gasteiger partial charge in [0.15, 0.2) is 5.69 Å². The first-order chi connectivity index (χ1) is 6.97. The molecule has 0 fully saturated rings. The largest absolute Gasteiger partial charge is 0.364 e. The third kappa shape index (κ3) is 2.24. The molecule has 0 saturated heterocycles. The van der Waals surface area contributed by atoms with Gasteiger partial charge in [-0.3, -0.25) is 0 Å². The van der Waals surface area contributed by atoms with Crippen molar-refractivity contribution in [3.05, 3.63) is 33.0 Å². The first-order valence-electron chi connectivity index (χ1n) is 4.10. The Labute approximate surface area is 84.1 Å². The van der Waals surface area contributed by atoms with E-state index in [0.29, 0.717) is 0 Å². The van der Waals surface area contributed by atoms with E-state index in [1.54, 1.807) is 0 Å². The van der Waals surface area contributed by atoms with Crippen molar-refractivity contribution in [3.8, 4) is 0 Å². The third-order valence-corrected chi connectivity index (χ3v) is 1.95. The van der Waals surface area contributed by atoms with Crippen molar-refractivity contribution in [1.29, 1.82) is 0 Å². The van der Waals surface area contributed by atoms with Crippen LogP contribution >= 0.6 is 0 Å². The molecule has 82 valence electrons. The molecule has 0 unspecified atom stereocenters. The summed E-state index contributed by atoms with van der Waals surface area (Å²) in [7, 11) is 0. The number of pyridine rings is 1. The van der Waals surface area contributed by atoms with Gasteiger partial charge >= 0.3 is 5.82 Å². The van der Waals surface area contributed by atoms with E-state index in [4.69, 9.17) is 5.73 Å². The standard InChI is InChI=1S/C8H9F2N3O2/c1-4-7(8(9)10)5(3-11)2-6(12-4)13(14)15/h2,8H,3,11H2,1H3. The van der Waals surface area contributed by atoms with Gasteiger partial charge in [0.05, 0.1) is 5.56 Å². The van der Waals surface area contributed by atoms with Crippen LogP contribution in [0.25, 0.3) is 0 Å². The molecule has 2 N–H and O–H groups in total. The van der Waals surface area contributed by atoms with Crippen LogP contribution in [-0.4, -0.2) is 9.91 Å². The highest BCUT2D eigenvalue weighted by Crippen LogP contribution is 2.27. The molecular weight excluding hydrogens is 208 g/mol. The highest BCUT2D eigenvalue weighted by atomic mass is 19.3. The van der Waals surface area contributed by atoms with Crippen molar-refractivity contribution in [2.45, 2.75) is 19.9 Å². The topological polar surface area (TPSA) is 82.0 Å². The monoisotopic (exact) mass is 217 g/mol. The number of hydrogen-bond donors (Lipinski definition) is 1. The Balaban J connectivity index is 3.37. The van der Waals surface area contributed by atoms with E-state index in [-0.39, 0.29) is 23.4 Å². The Morgan fingerprint density at radius 1 is 1.67 bits per heavy atom. The van der Waals surface area contributed by atoms with Crippen molar-refractivity contribution >= 4 is 5.82 Å². The second-order valence-corrected chi connectivity index (χ2v) is 2.90. The SMILES string of the molecule is Cc1nc([N+](=O)[O-])cc(CN)c1C(F)F. The van der Waals surface area contributed by atoms with Crippen LogP contribution < -0.4 is 5.73 Å². The molecule has 0 spiro atoms. The molecule has 15 heavy (non-hydrogen) atoms. The number of nitro groups is 1. The molecule has 1 aromatic heterocycles. The Kier molecular flexibility index (Phi) is 3.25. The van der Waals surface area contributed by atoms with Gasteiger partial charge in [0.25, 0.3) is 6.43 Å². The molecular formula is C8H9F2N3O2. The highest BCUT2D eigenvalue weighted by molar-refractivity contribution is 5.38. The van der Waals surface area contributed by atoms with E-state index in [1.807, 2.05) is 0 Å². The van der Waals surface area contributed by atoms with Gasteiger partial charge in [-0.2, -0.15) is 0 Å². The summed E-state index contributed by atoms with van der Waals surface area (Å²) in [6.45, 7) is 1.12. The van der Waals surface area contributed by atoms with E-state index >= 15 is 0 Å². The number of nitrogens with two attached hydrogens (primary N) is 1. The molecule has 0 aromatic carbocycles. The van der Waals surface area contributed by atoms with E-state index in [2.05, 4.69) is 4.98 Å². The Morgan fingerprint density at radius 2 is 2.27 bits per heavy atom. The molecule has 1 heterocycles. The zero-order valence-corrected chi connectivity index (χ0v) is 7.91. The van der Waals surface area contributed by atoms with Crippen molar-refractivity contribution in [2.24, 2.45) is 5.73 Å². The normalized spacial score (nSPS) is 10.7. The van der Waals surface area contributed by atoms with Crippen molar-refractivity contribution < 1.29 is 13.7 Å². The van der Waals surface area contributed by atoms with Gasteiger partial charge in [-0.15, -0.1) is 0 Å².